The minimum absolute atomic E-state index is 0.192. The Morgan fingerprint density at radius 1 is 1.03 bits per heavy atom. The van der Waals surface area contributed by atoms with Crippen molar-refractivity contribution in [2.45, 2.75) is 13.5 Å². The molecule has 0 saturated carbocycles. The molecular weight excluding hydrogens is 598 g/mol. The smallest absolute Gasteiger partial charge is 0.343 e. The summed E-state index contributed by atoms with van der Waals surface area (Å²) in [5.74, 6) is -0.307. The summed E-state index contributed by atoms with van der Waals surface area (Å²) >= 11 is 7.71. The number of esters is 1. The third-order valence-electron chi connectivity index (χ3n) is 4.96. The summed E-state index contributed by atoms with van der Waals surface area (Å²) in [6, 6.07) is 19.5. The summed E-state index contributed by atoms with van der Waals surface area (Å²) in [6.45, 7) is 2.35. The largest absolute Gasteiger partial charge is 0.490 e. The first-order chi connectivity index (χ1) is 16.9. The van der Waals surface area contributed by atoms with Crippen molar-refractivity contribution in [2.75, 3.05) is 6.61 Å². The normalized spacial score (nSPS) is 14.5. The second-order valence-corrected chi connectivity index (χ2v) is 10.2. The zero-order valence-electron chi connectivity index (χ0n) is 18.5. The van der Waals surface area contributed by atoms with Crippen molar-refractivity contribution in [1.29, 1.82) is 0 Å². The topological polar surface area (TPSA) is 72.9 Å². The Hall–Kier alpha value is -2.88. The minimum atomic E-state index is -0.519. The molecule has 0 aliphatic carbocycles. The van der Waals surface area contributed by atoms with Crippen LogP contribution in [-0.4, -0.2) is 28.6 Å². The lowest BCUT2D eigenvalue weighted by Gasteiger charge is -2.14. The van der Waals surface area contributed by atoms with Crippen LogP contribution in [0.3, 0.4) is 0 Å². The van der Waals surface area contributed by atoms with Gasteiger partial charge < -0.3 is 9.47 Å². The van der Waals surface area contributed by atoms with Crippen LogP contribution in [0.2, 0.25) is 0 Å². The van der Waals surface area contributed by atoms with Crippen molar-refractivity contribution in [3.8, 4) is 11.5 Å². The van der Waals surface area contributed by atoms with Crippen LogP contribution in [0.5, 0.6) is 11.5 Å². The average molecular weight is 617 g/mol. The van der Waals surface area contributed by atoms with Gasteiger partial charge in [0.15, 0.2) is 11.5 Å². The highest BCUT2D eigenvalue weighted by molar-refractivity contribution is 9.10. The molecule has 1 aliphatic rings. The first-order valence-electron chi connectivity index (χ1n) is 10.6. The van der Waals surface area contributed by atoms with Crippen molar-refractivity contribution < 1.29 is 23.9 Å². The molecule has 1 saturated heterocycles. The van der Waals surface area contributed by atoms with Gasteiger partial charge in [-0.05, 0) is 88.2 Å². The Kier molecular flexibility index (Phi) is 8.10. The lowest BCUT2D eigenvalue weighted by Crippen LogP contribution is -2.27. The molecule has 0 bridgehead atoms. The highest BCUT2D eigenvalue weighted by Gasteiger charge is 2.35. The molecule has 3 aromatic rings. The maximum atomic E-state index is 13.0. The summed E-state index contributed by atoms with van der Waals surface area (Å²) < 4.78 is 12.7. The number of benzene rings is 3. The molecule has 3 aromatic carbocycles. The molecule has 0 N–H and O–H groups in total. The maximum Gasteiger partial charge on any atom is 0.343 e. The number of ether oxygens (including phenoxy) is 2. The van der Waals surface area contributed by atoms with Gasteiger partial charge in [-0.2, -0.15) is 0 Å². The second-order valence-electron chi connectivity index (χ2n) is 7.41. The summed E-state index contributed by atoms with van der Waals surface area (Å²) in [5, 5.41) is -0.332. The van der Waals surface area contributed by atoms with E-state index in [9.17, 15) is 14.4 Å². The number of amides is 2. The molecule has 0 aromatic heterocycles. The van der Waals surface area contributed by atoms with E-state index in [1.165, 1.54) is 4.90 Å². The van der Waals surface area contributed by atoms with Crippen molar-refractivity contribution in [1.82, 2.24) is 4.90 Å². The van der Waals surface area contributed by atoms with Crippen LogP contribution in [0.25, 0.3) is 6.08 Å². The molecule has 0 unspecified atom stereocenters. The van der Waals surface area contributed by atoms with E-state index < -0.39 is 5.97 Å². The van der Waals surface area contributed by atoms with E-state index in [2.05, 4.69) is 31.9 Å². The molecule has 9 heteroatoms. The molecule has 0 spiro atoms. The van der Waals surface area contributed by atoms with Crippen molar-refractivity contribution in [3.05, 3.63) is 97.3 Å². The Balaban J connectivity index is 1.58. The van der Waals surface area contributed by atoms with Crippen LogP contribution in [0.4, 0.5) is 4.79 Å². The molecule has 0 atom stereocenters. The Labute approximate surface area is 223 Å². The van der Waals surface area contributed by atoms with Gasteiger partial charge in [-0.15, -0.1) is 0 Å². The first kappa shape index (κ1) is 25.2. The third kappa shape index (κ3) is 6.04. The zero-order valence-corrected chi connectivity index (χ0v) is 22.5. The molecule has 4 rings (SSSR count). The number of thioether (sulfide) groups is 1. The van der Waals surface area contributed by atoms with Gasteiger partial charge in [0.2, 0.25) is 0 Å². The first-order valence-corrected chi connectivity index (χ1v) is 13.0. The van der Waals surface area contributed by atoms with Crippen LogP contribution in [0, 0.1) is 0 Å². The van der Waals surface area contributed by atoms with Gasteiger partial charge in [0.1, 0.15) is 0 Å². The fourth-order valence-corrected chi connectivity index (χ4v) is 4.96. The van der Waals surface area contributed by atoms with E-state index in [1.54, 1.807) is 42.5 Å². The summed E-state index contributed by atoms with van der Waals surface area (Å²) in [6.07, 6.45) is 1.63. The van der Waals surface area contributed by atoms with E-state index >= 15 is 0 Å². The Morgan fingerprint density at radius 2 is 1.74 bits per heavy atom. The SMILES string of the molecule is CCOc1cc(/C=C2\SC(=O)N(Cc3ccc(Br)cc3)C2=O)cc(Br)c1OC(=O)c1ccccc1. The van der Waals surface area contributed by atoms with Gasteiger partial charge in [-0.25, -0.2) is 4.79 Å². The number of carbonyl (C=O) groups excluding carboxylic acids is 3. The van der Waals surface area contributed by atoms with Gasteiger partial charge in [0.05, 0.1) is 28.1 Å². The zero-order chi connectivity index (χ0) is 24.9. The van der Waals surface area contributed by atoms with Gasteiger partial charge in [0, 0.05) is 4.47 Å². The van der Waals surface area contributed by atoms with E-state index in [0.717, 1.165) is 21.8 Å². The number of hydrogen-bond acceptors (Lipinski definition) is 6. The predicted octanol–water partition coefficient (Wildman–Crippen LogP) is 7.07. The minimum Gasteiger partial charge on any atom is -0.490 e. The molecule has 6 nitrogen and oxygen atoms in total. The van der Waals surface area contributed by atoms with Gasteiger partial charge in [-0.1, -0.05) is 46.3 Å². The van der Waals surface area contributed by atoms with Crippen LogP contribution >= 0.6 is 43.6 Å². The highest BCUT2D eigenvalue weighted by atomic mass is 79.9. The molecule has 178 valence electrons. The molecular formula is C26H19Br2NO5S. The number of imide groups is 1. The number of carbonyl (C=O) groups is 3. The third-order valence-corrected chi connectivity index (χ3v) is 6.99. The van der Waals surface area contributed by atoms with Gasteiger partial charge >= 0.3 is 5.97 Å². The lowest BCUT2D eigenvalue weighted by molar-refractivity contribution is -0.123. The van der Waals surface area contributed by atoms with Gasteiger partial charge in [-0.3, -0.25) is 14.5 Å². The van der Waals surface area contributed by atoms with Crippen molar-refractivity contribution in [2.24, 2.45) is 0 Å². The van der Waals surface area contributed by atoms with E-state index in [4.69, 9.17) is 9.47 Å². The fourth-order valence-electron chi connectivity index (χ4n) is 3.32. The highest BCUT2D eigenvalue weighted by Crippen LogP contribution is 2.40. The fraction of sp³-hybridized carbons (Fsp3) is 0.115. The Morgan fingerprint density at radius 3 is 2.43 bits per heavy atom. The number of halogens is 2. The predicted molar refractivity (Wildman–Crippen MR) is 142 cm³/mol. The maximum absolute atomic E-state index is 13.0. The molecule has 2 amide bonds. The van der Waals surface area contributed by atoms with E-state index in [-0.39, 0.29) is 23.4 Å². The second kappa shape index (κ2) is 11.2. The van der Waals surface area contributed by atoms with Crippen molar-refractivity contribution in [3.63, 3.8) is 0 Å². The Bertz CT molecular complexity index is 1310. The average Bonchev–Trinajstić information content (AvgIpc) is 3.10. The van der Waals surface area contributed by atoms with Crippen LogP contribution in [-0.2, 0) is 11.3 Å². The number of nitrogens with zero attached hydrogens (tertiary/aromatic N) is 1. The summed E-state index contributed by atoms with van der Waals surface area (Å²) in [4.78, 5) is 39.6. The van der Waals surface area contributed by atoms with Crippen molar-refractivity contribution >= 4 is 66.8 Å². The molecule has 1 aliphatic heterocycles. The van der Waals surface area contributed by atoms with Crippen LogP contribution in [0.1, 0.15) is 28.4 Å². The number of rotatable bonds is 7. The molecule has 1 fully saturated rings. The monoisotopic (exact) mass is 615 g/mol. The van der Waals surface area contributed by atoms with E-state index in [0.29, 0.717) is 32.9 Å². The van der Waals surface area contributed by atoms with E-state index in [1.807, 2.05) is 37.3 Å². The lowest BCUT2D eigenvalue weighted by atomic mass is 10.1. The standard InChI is InChI=1S/C26H19Br2NO5S/c1-2-33-21-13-17(12-20(28)23(21)34-25(31)18-6-4-3-5-7-18)14-22-24(30)29(26(32)35-22)15-16-8-10-19(27)11-9-16/h3-14H,2,15H2,1H3/b22-14-. The summed E-state index contributed by atoms with van der Waals surface area (Å²) in [5.41, 5.74) is 1.88. The van der Waals surface area contributed by atoms with Crippen LogP contribution in [0.15, 0.2) is 80.6 Å². The molecule has 1 heterocycles. The van der Waals surface area contributed by atoms with Crippen LogP contribution < -0.4 is 9.47 Å². The summed E-state index contributed by atoms with van der Waals surface area (Å²) in [7, 11) is 0. The number of hydrogen-bond donors (Lipinski definition) is 0. The molecule has 0 radical (unpaired) electrons. The van der Waals surface area contributed by atoms with Gasteiger partial charge in [0.25, 0.3) is 11.1 Å². The molecule has 35 heavy (non-hydrogen) atoms. The quantitative estimate of drug-likeness (QED) is 0.161.